The van der Waals surface area contributed by atoms with E-state index >= 15 is 0 Å². The first-order chi connectivity index (χ1) is 10.1. The molecule has 1 aromatic carbocycles. The molecule has 3 nitrogen and oxygen atoms in total. The van der Waals surface area contributed by atoms with Crippen LogP contribution >= 0.6 is 11.8 Å². The van der Waals surface area contributed by atoms with Crippen molar-refractivity contribution in [1.29, 1.82) is 0 Å². The Morgan fingerprint density at radius 1 is 1.29 bits per heavy atom. The fourth-order valence-electron chi connectivity index (χ4n) is 2.87. The number of benzene rings is 1. The van der Waals surface area contributed by atoms with Crippen LogP contribution < -0.4 is 5.32 Å². The van der Waals surface area contributed by atoms with Crippen LogP contribution in [0.1, 0.15) is 25.8 Å². The summed E-state index contributed by atoms with van der Waals surface area (Å²) in [6.45, 7) is 5.69. The normalized spacial score (nSPS) is 21.3. The molecule has 21 heavy (non-hydrogen) atoms. The lowest BCUT2D eigenvalue weighted by molar-refractivity contribution is 0.317. The molecule has 3 rings (SSSR count). The highest BCUT2D eigenvalue weighted by Gasteiger charge is 2.27. The first-order valence-corrected chi connectivity index (χ1v) is 8.68. The summed E-state index contributed by atoms with van der Waals surface area (Å²) in [6.07, 6.45) is 3.06. The minimum Gasteiger partial charge on any atom is -0.309 e. The van der Waals surface area contributed by atoms with Crippen LogP contribution in [0.2, 0.25) is 0 Å². The van der Waals surface area contributed by atoms with Gasteiger partial charge in [-0.15, -0.1) is 0 Å². The maximum Gasteiger partial charge on any atom is 0.0650 e. The second-order valence-electron chi connectivity index (χ2n) is 6.63. The molecule has 0 aliphatic carbocycles. The van der Waals surface area contributed by atoms with E-state index in [4.69, 9.17) is 0 Å². The first kappa shape index (κ1) is 14.7. The Morgan fingerprint density at radius 2 is 2.10 bits per heavy atom. The van der Waals surface area contributed by atoms with Gasteiger partial charge in [-0.1, -0.05) is 38.1 Å². The van der Waals surface area contributed by atoms with Crippen LogP contribution in [0.3, 0.4) is 0 Å². The van der Waals surface area contributed by atoms with Crippen molar-refractivity contribution in [2.75, 3.05) is 11.5 Å². The number of hydrogen-bond acceptors (Lipinski definition) is 3. The molecule has 1 unspecified atom stereocenters. The third-order valence-electron chi connectivity index (χ3n) is 3.97. The van der Waals surface area contributed by atoms with Crippen molar-refractivity contribution in [1.82, 2.24) is 15.5 Å². The lowest BCUT2D eigenvalue weighted by atomic mass is 9.88. The molecule has 2 N–H and O–H groups in total. The van der Waals surface area contributed by atoms with Gasteiger partial charge in [0.05, 0.1) is 5.69 Å². The fourth-order valence-corrected chi connectivity index (χ4v) is 4.18. The van der Waals surface area contributed by atoms with E-state index in [2.05, 4.69) is 65.4 Å². The molecule has 112 valence electrons. The topological polar surface area (TPSA) is 40.7 Å². The molecule has 2 heterocycles. The van der Waals surface area contributed by atoms with E-state index in [1.54, 1.807) is 6.20 Å². The van der Waals surface area contributed by atoms with Gasteiger partial charge in [-0.25, -0.2) is 0 Å². The Hall–Kier alpha value is -1.26. The maximum absolute atomic E-state index is 3.99. The molecule has 4 heteroatoms. The molecule has 1 aliphatic rings. The van der Waals surface area contributed by atoms with Crippen molar-refractivity contribution in [3.05, 3.63) is 42.1 Å². The standard InChI is InChI=1S/C17H23N3S/c1-17(2)9-15(11-21-12-17)18-10-13-3-5-14(6-4-13)16-7-8-19-20-16/h3-8,15,18H,9-12H2,1-2H3,(H,19,20). The molecule has 1 fully saturated rings. The summed E-state index contributed by atoms with van der Waals surface area (Å²) in [6, 6.07) is 11.3. The van der Waals surface area contributed by atoms with E-state index < -0.39 is 0 Å². The van der Waals surface area contributed by atoms with Crippen molar-refractivity contribution < 1.29 is 0 Å². The third-order valence-corrected chi connectivity index (χ3v) is 5.60. The summed E-state index contributed by atoms with van der Waals surface area (Å²) in [5.74, 6) is 2.51. The van der Waals surface area contributed by atoms with Gasteiger partial charge in [0.15, 0.2) is 0 Å². The summed E-state index contributed by atoms with van der Waals surface area (Å²) >= 11 is 2.07. The van der Waals surface area contributed by atoms with Gasteiger partial charge < -0.3 is 5.32 Å². The van der Waals surface area contributed by atoms with Crippen LogP contribution in [0.15, 0.2) is 36.5 Å². The predicted octanol–water partition coefficient (Wildman–Crippen LogP) is 3.70. The number of thioether (sulfide) groups is 1. The molecule has 1 aliphatic heterocycles. The van der Waals surface area contributed by atoms with Crippen LogP contribution in [0.25, 0.3) is 11.3 Å². The van der Waals surface area contributed by atoms with Crippen molar-refractivity contribution in [2.24, 2.45) is 5.41 Å². The summed E-state index contributed by atoms with van der Waals surface area (Å²) in [4.78, 5) is 0. The Labute approximate surface area is 130 Å². The van der Waals surface area contributed by atoms with E-state index in [0.29, 0.717) is 11.5 Å². The van der Waals surface area contributed by atoms with Gasteiger partial charge in [-0.05, 0) is 34.8 Å². The Kier molecular flexibility index (Phi) is 4.36. The van der Waals surface area contributed by atoms with Gasteiger partial charge in [-0.2, -0.15) is 16.9 Å². The molecule has 0 spiro atoms. The first-order valence-electron chi connectivity index (χ1n) is 7.52. The molecular formula is C17H23N3S. The highest BCUT2D eigenvalue weighted by Crippen LogP contribution is 2.33. The SMILES string of the molecule is CC1(C)CSCC(NCc2ccc(-c3ccn[nH]3)cc2)C1. The average Bonchev–Trinajstić information content (AvgIpc) is 2.99. The molecule has 0 amide bonds. The predicted molar refractivity (Wildman–Crippen MR) is 90.4 cm³/mol. The second kappa shape index (κ2) is 6.24. The number of hydrogen-bond donors (Lipinski definition) is 2. The molecule has 1 atom stereocenters. The minimum absolute atomic E-state index is 0.463. The van der Waals surface area contributed by atoms with Crippen LogP contribution in [0.4, 0.5) is 0 Å². The van der Waals surface area contributed by atoms with Gasteiger partial charge in [0.2, 0.25) is 0 Å². The smallest absolute Gasteiger partial charge is 0.0650 e. The number of aromatic nitrogens is 2. The number of nitrogens with zero attached hydrogens (tertiary/aromatic N) is 1. The quantitative estimate of drug-likeness (QED) is 0.904. The Morgan fingerprint density at radius 3 is 2.76 bits per heavy atom. The van der Waals surface area contributed by atoms with Crippen LogP contribution in [0, 0.1) is 5.41 Å². The number of aromatic amines is 1. The van der Waals surface area contributed by atoms with Crippen molar-refractivity contribution in [3.8, 4) is 11.3 Å². The third kappa shape index (κ3) is 3.89. The zero-order valence-electron chi connectivity index (χ0n) is 12.7. The zero-order chi connectivity index (χ0) is 14.7. The van der Waals surface area contributed by atoms with Crippen molar-refractivity contribution in [2.45, 2.75) is 32.9 Å². The summed E-state index contributed by atoms with van der Waals surface area (Å²) in [5.41, 5.74) is 4.06. The van der Waals surface area contributed by atoms with Gasteiger partial charge in [0.25, 0.3) is 0 Å². The molecule has 1 aromatic heterocycles. The van der Waals surface area contributed by atoms with E-state index in [1.807, 2.05) is 6.07 Å². The van der Waals surface area contributed by atoms with Crippen molar-refractivity contribution in [3.63, 3.8) is 0 Å². The summed E-state index contributed by atoms with van der Waals surface area (Å²) < 4.78 is 0. The van der Waals surface area contributed by atoms with Crippen molar-refractivity contribution >= 4 is 11.8 Å². The number of nitrogens with one attached hydrogen (secondary N) is 2. The highest BCUT2D eigenvalue weighted by atomic mass is 32.2. The monoisotopic (exact) mass is 301 g/mol. The van der Waals surface area contributed by atoms with Crippen LogP contribution in [-0.4, -0.2) is 27.7 Å². The molecule has 0 bridgehead atoms. The number of rotatable bonds is 4. The number of H-pyrrole nitrogens is 1. The average molecular weight is 301 g/mol. The van der Waals surface area contributed by atoms with Gasteiger partial charge >= 0.3 is 0 Å². The highest BCUT2D eigenvalue weighted by molar-refractivity contribution is 7.99. The van der Waals surface area contributed by atoms with Gasteiger partial charge in [0, 0.05) is 24.5 Å². The largest absolute Gasteiger partial charge is 0.309 e. The van der Waals surface area contributed by atoms with E-state index in [9.17, 15) is 0 Å². The molecule has 0 saturated carbocycles. The second-order valence-corrected chi connectivity index (χ2v) is 7.66. The molecular weight excluding hydrogens is 278 g/mol. The summed E-state index contributed by atoms with van der Waals surface area (Å²) in [5, 5.41) is 10.7. The maximum atomic E-state index is 3.99. The van der Waals surface area contributed by atoms with E-state index in [1.165, 1.54) is 29.1 Å². The van der Waals surface area contributed by atoms with Gasteiger partial charge in [-0.3, -0.25) is 5.10 Å². The Balaban J connectivity index is 1.56. The lowest BCUT2D eigenvalue weighted by Crippen LogP contribution is -2.39. The fraction of sp³-hybridized carbons (Fsp3) is 0.471. The molecule has 2 aromatic rings. The van der Waals surface area contributed by atoms with Crippen LogP contribution in [0.5, 0.6) is 0 Å². The van der Waals surface area contributed by atoms with E-state index in [-0.39, 0.29) is 0 Å². The minimum atomic E-state index is 0.463. The van der Waals surface area contributed by atoms with E-state index in [0.717, 1.165) is 12.2 Å². The van der Waals surface area contributed by atoms with Gasteiger partial charge in [0.1, 0.15) is 0 Å². The lowest BCUT2D eigenvalue weighted by Gasteiger charge is -2.35. The molecule has 1 saturated heterocycles. The molecule has 0 radical (unpaired) electrons. The summed E-state index contributed by atoms with van der Waals surface area (Å²) in [7, 11) is 0. The zero-order valence-corrected chi connectivity index (χ0v) is 13.5. The Bertz CT molecular complexity index is 560. The van der Waals surface area contributed by atoms with Crippen LogP contribution in [-0.2, 0) is 6.54 Å².